The summed E-state index contributed by atoms with van der Waals surface area (Å²) in [6, 6.07) is -0.0950. The van der Waals surface area contributed by atoms with Gasteiger partial charge in [0, 0.05) is 25.7 Å². The molecular weight excluding hydrogens is 228 g/mol. The average Bonchev–Trinajstić information content (AvgIpc) is 2.14. The molecule has 1 aliphatic heterocycles. The van der Waals surface area contributed by atoms with E-state index in [-0.39, 0.29) is 23.1 Å². The van der Waals surface area contributed by atoms with Crippen molar-refractivity contribution in [2.45, 2.75) is 26.3 Å². The molecule has 0 unspecified atom stereocenters. The van der Waals surface area contributed by atoms with Crippen LogP contribution in [0.1, 0.15) is 20.8 Å². The predicted molar refractivity (Wildman–Crippen MR) is 63.1 cm³/mol. The van der Waals surface area contributed by atoms with Gasteiger partial charge in [-0.05, 0) is 20.8 Å². The van der Waals surface area contributed by atoms with Crippen LogP contribution in [0.5, 0.6) is 0 Å². The monoisotopic (exact) mass is 248 g/mol. The molecule has 0 atom stereocenters. The largest absolute Gasteiger partial charge is 0.323 e. The Labute approximate surface area is 97.3 Å². The highest BCUT2D eigenvalue weighted by Gasteiger charge is 2.30. The summed E-state index contributed by atoms with van der Waals surface area (Å²) in [4.78, 5) is 15.3. The van der Waals surface area contributed by atoms with Gasteiger partial charge >= 0.3 is 6.03 Å². The molecule has 0 bridgehead atoms. The Morgan fingerprint density at radius 2 is 1.62 bits per heavy atom. The fourth-order valence-corrected chi connectivity index (χ4v) is 2.60. The van der Waals surface area contributed by atoms with Crippen LogP contribution in [0.2, 0.25) is 0 Å². The summed E-state index contributed by atoms with van der Waals surface area (Å²) in [7, 11) is -1.18. The lowest BCUT2D eigenvalue weighted by molar-refractivity contribution is 0.129. The van der Waals surface area contributed by atoms with Crippen molar-refractivity contribution in [3.8, 4) is 0 Å². The van der Waals surface area contributed by atoms with Gasteiger partial charge in [0.15, 0.2) is 9.84 Å². The van der Waals surface area contributed by atoms with E-state index in [0.717, 1.165) is 0 Å². The maximum absolute atomic E-state index is 12.0. The first-order valence-electron chi connectivity index (χ1n) is 5.37. The Morgan fingerprint density at radius 3 is 2.00 bits per heavy atom. The summed E-state index contributed by atoms with van der Waals surface area (Å²) in [6.45, 7) is 6.46. The van der Waals surface area contributed by atoms with E-state index in [4.69, 9.17) is 0 Å². The molecule has 16 heavy (non-hydrogen) atoms. The molecule has 1 fully saturated rings. The lowest BCUT2D eigenvalue weighted by Crippen LogP contribution is -2.53. The quantitative estimate of drug-likeness (QED) is 0.629. The molecule has 0 spiro atoms. The highest BCUT2D eigenvalue weighted by Crippen LogP contribution is 2.14. The second kappa shape index (κ2) is 4.24. The number of nitrogens with zero attached hydrogens (tertiary/aromatic N) is 2. The molecule has 0 N–H and O–H groups in total. The number of carbonyl (C=O) groups is 1. The van der Waals surface area contributed by atoms with Crippen LogP contribution in [-0.2, 0) is 9.84 Å². The van der Waals surface area contributed by atoms with Crippen LogP contribution < -0.4 is 0 Å². The SMILES string of the molecule is CN(C(=O)N1CCS(=O)(=O)CC1)C(C)(C)C. The van der Waals surface area contributed by atoms with Gasteiger partial charge in [0.25, 0.3) is 0 Å². The van der Waals surface area contributed by atoms with Crippen molar-refractivity contribution in [2.75, 3.05) is 31.6 Å². The summed E-state index contributed by atoms with van der Waals surface area (Å²) < 4.78 is 22.5. The van der Waals surface area contributed by atoms with Crippen molar-refractivity contribution >= 4 is 15.9 Å². The number of hydrogen-bond acceptors (Lipinski definition) is 3. The topological polar surface area (TPSA) is 57.7 Å². The zero-order chi connectivity index (χ0) is 12.6. The first-order chi connectivity index (χ1) is 7.13. The van der Waals surface area contributed by atoms with Crippen LogP contribution in [-0.4, -0.2) is 61.4 Å². The van der Waals surface area contributed by atoms with E-state index in [1.54, 1.807) is 16.8 Å². The van der Waals surface area contributed by atoms with Crippen molar-refractivity contribution in [3.63, 3.8) is 0 Å². The Balaban J connectivity index is 2.64. The lowest BCUT2D eigenvalue weighted by Gasteiger charge is -2.37. The molecule has 1 heterocycles. The summed E-state index contributed by atoms with van der Waals surface area (Å²) >= 11 is 0. The zero-order valence-corrected chi connectivity index (χ0v) is 11.2. The molecular formula is C10H20N2O3S. The van der Waals surface area contributed by atoms with Gasteiger partial charge in [-0.15, -0.1) is 0 Å². The van der Waals surface area contributed by atoms with E-state index in [9.17, 15) is 13.2 Å². The molecule has 5 nitrogen and oxygen atoms in total. The molecule has 0 aromatic carbocycles. The van der Waals surface area contributed by atoms with Gasteiger partial charge in [-0.2, -0.15) is 0 Å². The van der Waals surface area contributed by atoms with Crippen molar-refractivity contribution in [2.24, 2.45) is 0 Å². The normalized spacial score (nSPS) is 20.6. The number of hydrogen-bond donors (Lipinski definition) is 0. The first kappa shape index (κ1) is 13.3. The molecule has 94 valence electrons. The Bertz CT molecular complexity index is 356. The van der Waals surface area contributed by atoms with Crippen LogP contribution in [0.15, 0.2) is 0 Å². The Morgan fingerprint density at radius 1 is 1.19 bits per heavy atom. The van der Waals surface area contributed by atoms with Gasteiger partial charge in [-0.3, -0.25) is 0 Å². The highest BCUT2D eigenvalue weighted by atomic mass is 32.2. The Hall–Kier alpha value is -0.780. The van der Waals surface area contributed by atoms with Crippen molar-refractivity contribution in [1.82, 2.24) is 9.80 Å². The van der Waals surface area contributed by atoms with Crippen LogP contribution in [0.25, 0.3) is 0 Å². The van der Waals surface area contributed by atoms with E-state index in [2.05, 4.69) is 0 Å². The van der Waals surface area contributed by atoms with Gasteiger partial charge in [0.1, 0.15) is 0 Å². The summed E-state index contributed by atoms with van der Waals surface area (Å²) in [6.07, 6.45) is 0. The fourth-order valence-electron chi connectivity index (χ4n) is 1.40. The van der Waals surface area contributed by atoms with Gasteiger partial charge in [0.05, 0.1) is 11.5 Å². The van der Waals surface area contributed by atoms with Crippen LogP contribution in [0.3, 0.4) is 0 Å². The van der Waals surface area contributed by atoms with E-state index in [0.29, 0.717) is 13.1 Å². The summed E-state index contributed by atoms with van der Waals surface area (Å²) in [5, 5.41) is 0. The molecule has 0 aromatic heterocycles. The van der Waals surface area contributed by atoms with Gasteiger partial charge in [-0.25, -0.2) is 13.2 Å². The summed E-state index contributed by atoms with van der Waals surface area (Å²) in [5.41, 5.74) is -0.243. The second-order valence-corrected chi connectivity index (χ2v) is 7.45. The zero-order valence-electron chi connectivity index (χ0n) is 10.4. The molecule has 0 aromatic rings. The number of urea groups is 1. The minimum atomic E-state index is -2.92. The van der Waals surface area contributed by atoms with E-state index in [1.165, 1.54) is 0 Å². The summed E-state index contributed by atoms with van der Waals surface area (Å²) in [5.74, 6) is 0.160. The minimum Gasteiger partial charge on any atom is -0.323 e. The van der Waals surface area contributed by atoms with Gasteiger partial charge in [-0.1, -0.05) is 0 Å². The van der Waals surface area contributed by atoms with Crippen molar-refractivity contribution in [1.29, 1.82) is 0 Å². The van der Waals surface area contributed by atoms with Crippen molar-refractivity contribution < 1.29 is 13.2 Å². The number of carbonyl (C=O) groups excluding carboxylic acids is 1. The standard InChI is InChI=1S/C10H20N2O3S/c1-10(2,3)11(4)9(13)12-5-7-16(14,15)8-6-12/h5-8H2,1-4H3. The van der Waals surface area contributed by atoms with Crippen LogP contribution in [0, 0.1) is 0 Å². The molecule has 1 aliphatic rings. The lowest BCUT2D eigenvalue weighted by atomic mass is 10.1. The second-order valence-electron chi connectivity index (χ2n) is 5.15. The van der Waals surface area contributed by atoms with E-state index < -0.39 is 9.84 Å². The molecule has 0 aliphatic carbocycles. The molecule has 1 rings (SSSR count). The van der Waals surface area contributed by atoms with E-state index >= 15 is 0 Å². The highest BCUT2D eigenvalue weighted by molar-refractivity contribution is 7.91. The smallest absolute Gasteiger partial charge is 0.320 e. The molecule has 0 radical (unpaired) electrons. The molecule has 0 saturated carbocycles. The third-order valence-electron chi connectivity index (χ3n) is 2.91. The molecule has 1 saturated heterocycles. The number of rotatable bonds is 0. The fraction of sp³-hybridized carbons (Fsp3) is 0.900. The third-order valence-corrected chi connectivity index (χ3v) is 4.52. The average molecular weight is 248 g/mol. The third kappa shape index (κ3) is 3.10. The predicted octanol–water partition coefficient (Wildman–Crippen LogP) is 0.567. The molecule has 6 heteroatoms. The van der Waals surface area contributed by atoms with Gasteiger partial charge in [0.2, 0.25) is 0 Å². The number of sulfone groups is 1. The first-order valence-corrected chi connectivity index (χ1v) is 7.19. The maximum atomic E-state index is 12.0. The van der Waals surface area contributed by atoms with Crippen LogP contribution >= 0.6 is 0 Å². The Kier molecular flexibility index (Phi) is 3.52. The minimum absolute atomic E-state index is 0.0801. The number of amides is 2. The van der Waals surface area contributed by atoms with Crippen molar-refractivity contribution in [3.05, 3.63) is 0 Å². The maximum Gasteiger partial charge on any atom is 0.320 e. The van der Waals surface area contributed by atoms with E-state index in [1.807, 2.05) is 20.8 Å². The van der Waals surface area contributed by atoms with Crippen LogP contribution in [0.4, 0.5) is 4.79 Å². The van der Waals surface area contributed by atoms with Gasteiger partial charge < -0.3 is 9.80 Å². The molecule has 2 amide bonds.